The normalized spacial score (nSPS) is 10.9. The number of nitrogens with zero attached hydrogens (tertiary/aromatic N) is 2. The molecule has 0 saturated carbocycles. The van der Waals surface area contributed by atoms with Gasteiger partial charge in [-0.15, -0.1) is 0 Å². The molecule has 0 unspecified atom stereocenters. The smallest absolute Gasteiger partial charge is 0.359 e. The molecule has 7 heteroatoms. The first-order chi connectivity index (χ1) is 12.5. The lowest BCUT2D eigenvalue weighted by atomic mass is 10.1. The average Bonchev–Trinajstić information content (AvgIpc) is 2.65. The Bertz CT molecular complexity index is 1030. The van der Waals surface area contributed by atoms with Gasteiger partial charge in [-0.1, -0.05) is 54.4 Å². The fourth-order valence-electron chi connectivity index (χ4n) is 2.60. The van der Waals surface area contributed by atoms with E-state index in [1.54, 1.807) is 42.5 Å². The topological polar surface area (TPSA) is 61.2 Å². The van der Waals surface area contributed by atoms with Gasteiger partial charge in [0.2, 0.25) is 0 Å². The van der Waals surface area contributed by atoms with Crippen molar-refractivity contribution in [3.63, 3.8) is 0 Å². The highest BCUT2D eigenvalue weighted by Gasteiger charge is 2.18. The van der Waals surface area contributed by atoms with Crippen molar-refractivity contribution in [3.05, 3.63) is 74.1 Å². The average molecular weight is 391 g/mol. The van der Waals surface area contributed by atoms with E-state index in [9.17, 15) is 9.59 Å². The molecule has 3 rings (SSSR count). The number of halogens is 2. The number of fused-ring (bicyclic) bond motifs is 1. The second kappa shape index (κ2) is 7.89. The van der Waals surface area contributed by atoms with Crippen LogP contribution in [0.1, 0.15) is 29.4 Å². The molecule has 1 heterocycles. The number of rotatable bonds is 5. The Labute approximate surface area is 160 Å². The van der Waals surface area contributed by atoms with Crippen molar-refractivity contribution < 1.29 is 9.53 Å². The Morgan fingerprint density at radius 1 is 1.12 bits per heavy atom. The van der Waals surface area contributed by atoms with Crippen LogP contribution in [-0.2, 0) is 17.9 Å². The molecule has 0 aliphatic rings. The molecule has 0 saturated heterocycles. The van der Waals surface area contributed by atoms with E-state index >= 15 is 0 Å². The molecule has 26 heavy (non-hydrogen) atoms. The first-order valence-electron chi connectivity index (χ1n) is 8.12. The summed E-state index contributed by atoms with van der Waals surface area (Å²) in [4.78, 5) is 25.1. The quantitative estimate of drug-likeness (QED) is 0.602. The van der Waals surface area contributed by atoms with E-state index in [2.05, 4.69) is 5.10 Å². The van der Waals surface area contributed by atoms with E-state index in [4.69, 9.17) is 27.9 Å². The lowest BCUT2D eigenvalue weighted by Crippen LogP contribution is -2.26. The molecule has 0 aliphatic heterocycles. The van der Waals surface area contributed by atoms with E-state index in [0.29, 0.717) is 32.9 Å². The fraction of sp³-hybridized carbons (Fsp3) is 0.211. The van der Waals surface area contributed by atoms with Crippen molar-refractivity contribution in [2.45, 2.75) is 26.5 Å². The van der Waals surface area contributed by atoms with Gasteiger partial charge in [0.15, 0.2) is 5.69 Å². The molecule has 2 aromatic carbocycles. The highest BCUT2D eigenvalue weighted by Crippen LogP contribution is 2.23. The van der Waals surface area contributed by atoms with Gasteiger partial charge in [-0.3, -0.25) is 4.79 Å². The molecule has 0 N–H and O–H groups in total. The summed E-state index contributed by atoms with van der Waals surface area (Å²) in [6.07, 6.45) is 0.725. The predicted molar refractivity (Wildman–Crippen MR) is 102 cm³/mol. The molecular weight excluding hydrogens is 375 g/mol. The second-order valence-electron chi connectivity index (χ2n) is 5.75. The summed E-state index contributed by atoms with van der Waals surface area (Å²) in [7, 11) is 0. The zero-order chi connectivity index (χ0) is 18.7. The number of carbonyl (C=O) groups excluding carboxylic acids is 1. The zero-order valence-electron chi connectivity index (χ0n) is 14.0. The van der Waals surface area contributed by atoms with Gasteiger partial charge in [0, 0.05) is 11.9 Å². The summed E-state index contributed by atoms with van der Waals surface area (Å²) in [6, 6.07) is 11.9. The minimum atomic E-state index is -0.600. The highest BCUT2D eigenvalue weighted by atomic mass is 35.5. The maximum atomic E-state index is 12.6. The number of aryl methyl sites for hydroxylation is 1. The van der Waals surface area contributed by atoms with Crippen molar-refractivity contribution in [3.8, 4) is 0 Å². The maximum absolute atomic E-state index is 12.6. The van der Waals surface area contributed by atoms with Gasteiger partial charge < -0.3 is 4.74 Å². The zero-order valence-corrected chi connectivity index (χ0v) is 15.5. The third kappa shape index (κ3) is 3.74. The molecule has 0 spiro atoms. The summed E-state index contributed by atoms with van der Waals surface area (Å²) in [5.41, 5.74) is 0.608. The molecule has 0 fully saturated rings. The van der Waals surface area contributed by atoms with Crippen molar-refractivity contribution in [2.75, 3.05) is 0 Å². The molecule has 0 bridgehead atoms. The van der Waals surface area contributed by atoms with Crippen LogP contribution in [0.2, 0.25) is 10.0 Å². The van der Waals surface area contributed by atoms with E-state index in [1.807, 2.05) is 6.92 Å². The molecule has 0 aliphatic carbocycles. The van der Waals surface area contributed by atoms with Crippen LogP contribution in [0.15, 0.2) is 47.3 Å². The Hall–Kier alpha value is -2.37. The van der Waals surface area contributed by atoms with Crippen molar-refractivity contribution >= 4 is 39.9 Å². The second-order valence-corrected chi connectivity index (χ2v) is 6.56. The number of hydrogen-bond acceptors (Lipinski definition) is 4. The molecule has 0 radical (unpaired) electrons. The van der Waals surface area contributed by atoms with E-state index in [-0.39, 0.29) is 17.9 Å². The minimum absolute atomic E-state index is 0.0264. The van der Waals surface area contributed by atoms with Crippen LogP contribution in [0.5, 0.6) is 0 Å². The molecule has 0 atom stereocenters. The van der Waals surface area contributed by atoms with Crippen LogP contribution in [0.25, 0.3) is 10.8 Å². The summed E-state index contributed by atoms with van der Waals surface area (Å²) in [5, 5.41) is 5.96. The van der Waals surface area contributed by atoms with Crippen LogP contribution in [0.3, 0.4) is 0 Å². The van der Waals surface area contributed by atoms with Gasteiger partial charge in [0.05, 0.1) is 15.4 Å². The van der Waals surface area contributed by atoms with Gasteiger partial charge in [0.25, 0.3) is 5.56 Å². The third-order valence-corrected chi connectivity index (χ3v) is 4.59. The summed E-state index contributed by atoms with van der Waals surface area (Å²) < 4.78 is 6.68. The standard InChI is InChI=1S/C19H16Cl2N2O3/c1-2-9-23-18(24)14-6-4-3-5-13(14)17(22-23)19(25)26-11-12-7-8-15(20)16(21)10-12/h3-8,10H,2,9,11H2,1H3. The number of aromatic nitrogens is 2. The van der Waals surface area contributed by atoms with Crippen LogP contribution < -0.4 is 5.56 Å². The number of esters is 1. The molecule has 5 nitrogen and oxygen atoms in total. The first-order valence-corrected chi connectivity index (χ1v) is 8.87. The van der Waals surface area contributed by atoms with Crippen LogP contribution in [0, 0.1) is 0 Å². The van der Waals surface area contributed by atoms with Crippen LogP contribution >= 0.6 is 23.2 Å². The monoisotopic (exact) mass is 390 g/mol. The van der Waals surface area contributed by atoms with Crippen LogP contribution in [-0.4, -0.2) is 15.7 Å². The van der Waals surface area contributed by atoms with Crippen molar-refractivity contribution in [2.24, 2.45) is 0 Å². The first kappa shape index (κ1) is 18.4. The fourth-order valence-corrected chi connectivity index (χ4v) is 2.92. The lowest BCUT2D eigenvalue weighted by molar-refractivity contribution is 0.0465. The van der Waals surface area contributed by atoms with Gasteiger partial charge in [0.1, 0.15) is 6.61 Å². The Kier molecular flexibility index (Phi) is 5.59. The summed E-state index contributed by atoms with van der Waals surface area (Å²) in [5.74, 6) is -0.600. The van der Waals surface area contributed by atoms with Crippen LogP contribution in [0.4, 0.5) is 0 Å². The Morgan fingerprint density at radius 2 is 1.85 bits per heavy atom. The lowest BCUT2D eigenvalue weighted by Gasteiger charge is -2.10. The number of benzene rings is 2. The molecular formula is C19H16Cl2N2O3. The number of hydrogen-bond donors (Lipinski definition) is 0. The van der Waals surface area contributed by atoms with Crippen molar-refractivity contribution in [1.82, 2.24) is 9.78 Å². The maximum Gasteiger partial charge on any atom is 0.359 e. The van der Waals surface area contributed by atoms with E-state index < -0.39 is 5.97 Å². The van der Waals surface area contributed by atoms with E-state index in [1.165, 1.54) is 4.68 Å². The van der Waals surface area contributed by atoms with E-state index in [0.717, 1.165) is 6.42 Å². The van der Waals surface area contributed by atoms with Gasteiger partial charge in [-0.2, -0.15) is 5.10 Å². The molecule has 0 amide bonds. The molecule has 134 valence electrons. The number of ether oxygens (including phenoxy) is 1. The number of carbonyl (C=O) groups is 1. The van der Waals surface area contributed by atoms with Gasteiger partial charge in [-0.05, 0) is 30.2 Å². The SMILES string of the molecule is CCCn1nc(C(=O)OCc2ccc(Cl)c(Cl)c2)c2ccccc2c1=O. The molecule has 1 aromatic heterocycles. The third-order valence-electron chi connectivity index (χ3n) is 3.85. The highest BCUT2D eigenvalue weighted by molar-refractivity contribution is 6.42. The Morgan fingerprint density at radius 3 is 2.54 bits per heavy atom. The summed E-state index contributed by atoms with van der Waals surface area (Å²) in [6.45, 7) is 2.39. The summed E-state index contributed by atoms with van der Waals surface area (Å²) >= 11 is 11.9. The minimum Gasteiger partial charge on any atom is -0.456 e. The van der Waals surface area contributed by atoms with Crippen molar-refractivity contribution in [1.29, 1.82) is 0 Å². The van der Waals surface area contributed by atoms with Gasteiger partial charge in [-0.25, -0.2) is 9.48 Å². The molecule has 3 aromatic rings. The Balaban J connectivity index is 1.93. The van der Waals surface area contributed by atoms with Gasteiger partial charge >= 0.3 is 5.97 Å². The predicted octanol–water partition coefficient (Wildman–Crippen LogP) is 4.47. The largest absolute Gasteiger partial charge is 0.456 e.